The normalized spacial score (nSPS) is 20.8. The van der Waals surface area contributed by atoms with Gasteiger partial charge in [-0.2, -0.15) is 4.31 Å². The summed E-state index contributed by atoms with van der Waals surface area (Å²) in [6, 6.07) is 2.43. The smallest absolute Gasteiger partial charge is 0.322 e. The molecule has 1 aromatic carbocycles. The zero-order valence-corrected chi connectivity index (χ0v) is 11.9. The summed E-state index contributed by atoms with van der Waals surface area (Å²) in [7, 11) is -4.00. The SMILES string of the molecule is Cc1ccc(F)cc1S(=O)(=O)N1CCCC[C@H]1C(=O)O. The minimum absolute atomic E-state index is 0.148. The zero-order valence-electron chi connectivity index (χ0n) is 11.0. The van der Waals surface area contributed by atoms with Crippen molar-refractivity contribution < 1.29 is 22.7 Å². The average Bonchev–Trinajstić information content (AvgIpc) is 2.41. The summed E-state index contributed by atoms with van der Waals surface area (Å²) in [5.41, 5.74) is 0.404. The fourth-order valence-corrected chi connectivity index (χ4v) is 4.31. The van der Waals surface area contributed by atoms with Gasteiger partial charge in [-0.25, -0.2) is 12.8 Å². The van der Waals surface area contributed by atoms with Crippen molar-refractivity contribution in [1.82, 2.24) is 4.31 Å². The number of benzene rings is 1. The Kier molecular flexibility index (Phi) is 4.10. The van der Waals surface area contributed by atoms with Crippen molar-refractivity contribution in [3.8, 4) is 0 Å². The van der Waals surface area contributed by atoms with E-state index in [0.29, 0.717) is 18.4 Å². The van der Waals surface area contributed by atoms with Crippen LogP contribution in [0.5, 0.6) is 0 Å². The van der Waals surface area contributed by atoms with Crippen LogP contribution in [-0.4, -0.2) is 36.4 Å². The fraction of sp³-hybridized carbons (Fsp3) is 0.462. The maximum atomic E-state index is 13.3. The Morgan fingerprint density at radius 1 is 1.40 bits per heavy atom. The van der Waals surface area contributed by atoms with Crippen molar-refractivity contribution in [1.29, 1.82) is 0 Å². The Balaban J connectivity index is 2.47. The van der Waals surface area contributed by atoms with Gasteiger partial charge in [-0.3, -0.25) is 4.79 Å². The Bertz CT molecular complexity index is 629. The van der Waals surface area contributed by atoms with E-state index < -0.39 is 27.9 Å². The number of carbonyl (C=O) groups is 1. The molecule has 20 heavy (non-hydrogen) atoms. The molecule has 1 aliphatic heterocycles. The summed E-state index contributed by atoms with van der Waals surface area (Å²) in [5.74, 6) is -1.82. The molecule has 1 aliphatic rings. The Morgan fingerprint density at radius 3 is 2.75 bits per heavy atom. The van der Waals surface area contributed by atoms with E-state index in [0.717, 1.165) is 10.4 Å². The van der Waals surface area contributed by atoms with Crippen molar-refractivity contribution in [2.24, 2.45) is 0 Å². The van der Waals surface area contributed by atoms with E-state index in [-0.39, 0.29) is 17.9 Å². The second-order valence-corrected chi connectivity index (χ2v) is 6.73. The monoisotopic (exact) mass is 301 g/mol. The van der Waals surface area contributed by atoms with Gasteiger partial charge in [0.05, 0.1) is 4.90 Å². The van der Waals surface area contributed by atoms with Gasteiger partial charge in [0.2, 0.25) is 10.0 Å². The first-order chi connectivity index (χ1) is 9.34. The quantitative estimate of drug-likeness (QED) is 0.923. The van der Waals surface area contributed by atoms with Crippen LogP contribution in [0.2, 0.25) is 0 Å². The van der Waals surface area contributed by atoms with Crippen LogP contribution in [0, 0.1) is 12.7 Å². The van der Waals surface area contributed by atoms with E-state index in [1.807, 2.05) is 0 Å². The van der Waals surface area contributed by atoms with E-state index in [4.69, 9.17) is 5.11 Å². The number of carboxylic acids is 1. The van der Waals surface area contributed by atoms with Crippen LogP contribution < -0.4 is 0 Å². The van der Waals surface area contributed by atoms with Gasteiger partial charge in [0.1, 0.15) is 11.9 Å². The fourth-order valence-electron chi connectivity index (χ4n) is 2.42. The number of piperidine rings is 1. The molecule has 5 nitrogen and oxygen atoms in total. The Hall–Kier alpha value is -1.47. The molecule has 0 radical (unpaired) electrons. The molecule has 1 N–H and O–H groups in total. The van der Waals surface area contributed by atoms with Crippen LogP contribution in [0.1, 0.15) is 24.8 Å². The molecule has 1 aromatic rings. The van der Waals surface area contributed by atoms with Gasteiger partial charge in [0.25, 0.3) is 0 Å². The Morgan fingerprint density at radius 2 is 2.10 bits per heavy atom. The maximum absolute atomic E-state index is 13.3. The second-order valence-electron chi connectivity index (χ2n) is 4.88. The van der Waals surface area contributed by atoms with Gasteiger partial charge in [-0.15, -0.1) is 0 Å². The summed E-state index contributed by atoms with van der Waals surface area (Å²) in [4.78, 5) is 11.1. The molecule has 0 unspecified atom stereocenters. The highest BCUT2D eigenvalue weighted by Crippen LogP contribution is 2.27. The van der Waals surface area contributed by atoms with Crippen molar-refractivity contribution >= 4 is 16.0 Å². The van der Waals surface area contributed by atoms with E-state index in [1.54, 1.807) is 6.92 Å². The minimum Gasteiger partial charge on any atom is -0.480 e. The standard InChI is InChI=1S/C13H16FNO4S/c1-9-5-6-10(14)8-12(9)20(18,19)15-7-3-2-4-11(15)13(16)17/h5-6,8,11H,2-4,7H2,1H3,(H,16,17)/t11-/m0/s1. The van der Waals surface area contributed by atoms with Crippen molar-refractivity contribution in [3.05, 3.63) is 29.6 Å². The molecule has 0 spiro atoms. The lowest BCUT2D eigenvalue weighted by Gasteiger charge is -2.32. The third-order valence-corrected chi connectivity index (χ3v) is 5.53. The average molecular weight is 301 g/mol. The zero-order chi connectivity index (χ0) is 14.9. The molecule has 1 atom stereocenters. The van der Waals surface area contributed by atoms with E-state index in [1.165, 1.54) is 12.1 Å². The lowest BCUT2D eigenvalue weighted by atomic mass is 10.1. The van der Waals surface area contributed by atoms with E-state index in [9.17, 15) is 17.6 Å². The van der Waals surface area contributed by atoms with Gasteiger partial charge in [0, 0.05) is 6.54 Å². The van der Waals surface area contributed by atoms with E-state index in [2.05, 4.69) is 0 Å². The van der Waals surface area contributed by atoms with E-state index >= 15 is 0 Å². The van der Waals surface area contributed by atoms with Crippen LogP contribution >= 0.6 is 0 Å². The van der Waals surface area contributed by atoms with Crippen LogP contribution in [-0.2, 0) is 14.8 Å². The summed E-state index contributed by atoms with van der Waals surface area (Å²) in [6.45, 7) is 1.71. The summed E-state index contributed by atoms with van der Waals surface area (Å²) < 4.78 is 39.4. The predicted octanol–water partition coefficient (Wildman–Crippen LogP) is 1.76. The first-order valence-corrected chi connectivity index (χ1v) is 7.79. The lowest BCUT2D eigenvalue weighted by Crippen LogP contribution is -2.47. The Labute approximate surface area is 117 Å². The molecular formula is C13H16FNO4S. The summed E-state index contributed by atoms with van der Waals surface area (Å²) >= 11 is 0. The molecule has 0 aliphatic carbocycles. The third-order valence-electron chi connectivity index (χ3n) is 3.48. The number of hydrogen-bond donors (Lipinski definition) is 1. The molecular weight excluding hydrogens is 285 g/mol. The number of halogens is 1. The van der Waals surface area contributed by atoms with Crippen LogP contribution in [0.4, 0.5) is 4.39 Å². The molecule has 0 saturated carbocycles. The number of carboxylic acid groups (broad SMARTS) is 1. The van der Waals surface area contributed by atoms with Crippen molar-refractivity contribution in [2.75, 3.05) is 6.54 Å². The van der Waals surface area contributed by atoms with Gasteiger partial charge >= 0.3 is 5.97 Å². The number of aliphatic carboxylic acids is 1. The first kappa shape index (κ1) is 14.9. The van der Waals surface area contributed by atoms with Crippen LogP contribution in [0.15, 0.2) is 23.1 Å². The topological polar surface area (TPSA) is 74.7 Å². The molecule has 1 fully saturated rings. The third kappa shape index (κ3) is 2.69. The summed E-state index contributed by atoms with van der Waals surface area (Å²) in [6.07, 6.45) is 1.56. The van der Waals surface area contributed by atoms with Gasteiger partial charge in [-0.1, -0.05) is 6.07 Å². The van der Waals surface area contributed by atoms with Crippen molar-refractivity contribution in [3.63, 3.8) is 0 Å². The minimum atomic E-state index is -4.00. The number of aryl methyl sites for hydroxylation is 1. The largest absolute Gasteiger partial charge is 0.480 e. The highest BCUT2D eigenvalue weighted by Gasteiger charge is 2.38. The molecule has 1 heterocycles. The van der Waals surface area contributed by atoms with Gasteiger partial charge in [0.15, 0.2) is 0 Å². The number of rotatable bonds is 3. The molecule has 0 aromatic heterocycles. The number of nitrogens with zero attached hydrogens (tertiary/aromatic N) is 1. The molecule has 0 bridgehead atoms. The van der Waals surface area contributed by atoms with Crippen LogP contribution in [0.3, 0.4) is 0 Å². The second kappa shape index (κ2) is 5.49. The maximum Gasteiger partial charge on any atom is 0.322 e. The lowest BCUT2D eigenvalue weighted by molar-refractivity contribution is -0.142. The highest BCUT2D eigenvalue weighted by atomic mass is 32.2. The van der Waals surface area contributed by atoms with Crippen LogP contribution in [0.25, 0.3) is 0 Å². The molecule has 7 heteroatoms. The molecule has 110 valence electrons. The van der Waals surface area contributed by atoms with Gasteiger partial charge < -0.3 is 5.11 Å². The molecule has 2 rings (SSSR count). The van der Waals surface area contributed by atoms with Gasteiger partial charge in [-0.05, 0) is 43.9 Å². The highest BCUT2D eigenvalue weighted by molar-refractivity contribution is 7.89. The first-order valence-electron chi connectivity index (χ1n) is 6.35. The van der Waals surface area contributed by atoms with Crippen molar-refractivity contribution in [2.45, 2.75) is 37.1 Å². The predicted molar refractivity (Wildman–Crippen MR) is 70.3 cm³/mol. The summed E-state index contributed by atoms with van der Waals surface area (Å²) in [5, 5.41) is 9.16. The number of sulfonamides is 1. The molecule has 1 saturated heterocycles. The molecule has 0 amide bonds. The number of hydrogen-bond acceptors (Lipinski definition) is 3.